The number of tetrazole rings is 1. The number of nitriles is 1. The Bertz CT molecular complexity index is 788. The van der Waals surface area contributed by atoms with Gasteiger partial charge in [0, 0.05) is 32.6 Å². The normalized spacial score (nSPS) is 14.1. The quantitative estimate of drug-likeness (QED) is 0.740. The van der Waals surface area contributed by atoms with E-state index in [1.807, 2.05) is 12.1 Å². The first-order valence-electron chi connectivity index (χ1n) is 8.41. The lowest BCUT2D eigenvalue weighted by Gasteiger charge is -2.34. The van der Waals surface area contributed by atoms with Crippen molar-refractivity contribution in [2.45, 2.75) is 19.4 Å². The van der Waals surface area contributed by atoms with Crippen LogP contribution in [0.15, 0.2) is 30.6 Å². The second-order valence-electron chi connectivity index (χ2n) is 6.08. The summed E-state index contributed by atoms with van der Waals surface area (Å²) in [6.45, 7) is 2.22. The average molecular weight is 353 g/mol. The molecule has 9 nitrogen and oxygen atoms in total. The molecule has 0 aliphatic carbocycles. The molecule has 0 radical (unpaired) electrons. The molecule has 0 atom stereocenters. The van der Waals surface area contributed by atoms with E-state index in [-0.39, 0.29) is 18.4 Å². The number of aromatic nitrogens is 4. The van der Waals surface area contributed by atoms with Crippen LogP contribution in [-0.4, -0.2) is 68.0 Å². The molecule has 1 saturated heterocycles. The zero-order chi connectivity index (χ0) is 18.4. The number of nitrogens with zero attached hydrogens (tertiary/aromatic N) is 7. The molecule has 2 heterocycles. The van der Waals surface area contributed by atoms with Crippen molar-refractivity contribution in [2.24, 2.45) is 0 Å². The van der Waals surface area contributed by atoms with E-state index in [0.717, 1.165) is 5.56 Å². The number of hydrogen-bond acceptors (Lipinski definition) is 6. The molecule has 0 saturated carbocycles. The molecule has 1 aliphatic rings. The average Bonchev–Trinajstić information content (AvgIpc) is 3.19. The predicted octanol–water partition coefficient (Wildman–Crippen LogP) is -0.152. The highest BCUT2D eigenvalue weighted by Crippen LogP contribution is 2.10. The number of benzene rings is 1. The molecule has 1 fully saturated rings. The molecule has 1 aliphatic heterocycles. The van der Waals surface area contributed by atoms with E-state index >= 15 is 0 Å². The summed E-state index contributed by atoms with van der Waals surface area (Å²) < 4.78 is 1.39. The summed E-state index contributed by atoms with van der Waals surface area (Å²) in [5, 5.41) is 19.5. The van der Waals surface area contributed by atoms with E-state index in [9.17, 15) is 9.59 Å². The molecule has 0 bridgehead atoms. The second-order valence-corrected chi connectivity index (χ2v) is 6.08. The number of carbonyl (C=O) groups excluding carboxylic acids is 2. The van der Waals surface area contributed by atoms with E-state index in [2.05, 4.69) is 21.6 Å². The highest BCUT2D eigenvalue weighted by molar-refractivity contribution is 5.78. The zero-order valence-electron chi connectivity index (χ0n) is 14.3. The Morgan fingerprint density at radius 2 is 1.69 bits per heavy atom. The Kier molecular flexibility index (Phi) is 5.53. The maximum atomic E-state index is 12.4. The molecule has 0 N–H and O–H groups in total. The largest absolute Gasteiger partial charge is 0.339 e. The van der Waals surface area contributed by atoms with Gasteiger partial charge in [0.05, 0.1) is 11.6 Å². The van der Waals surface area contributed by atoms with Crippen LogP contribution >= 0.6 is 0 Å². The van der Waals surface area contributed by atoms with E-state index in [1.54, 1.807) is 21.9 Å². The molecule has 1 aromatic carbocycles. The molecular formula is C17H19N7O2. The Morgan fingerprint density at radius 3 is 2.27 bits per heavy atom. The SMILES string of the molecule is N#Cc1ccc(CCC(=O)N2CCN(C(=O)Cn3cnnn3)CC2)cc1. The molecular weight excluding hydrogens is 334 g/mol. The number of piperazine rings is 1. The van der Waals surface area contributed by atoms with Gasteiger partial charge >= 0.3 is 0 Å². The minimum Gasteiger partial charge on any atom is -0.339 e. The van der Waals surface area contributed by atoms with Gasteiger partial charge in [0.25, 0.3) is 0 Å². The first kappa shape index (κ1) is 17.5. The minimum absolute atomic E-state index is 0.0537. The van der Waals surface area contributed by atoms with Crippen LogP contribution in [0.25, 0.3) is 0 Å². The van der Waals surface area contributed by atoms with Gasteiger partial charge in [0.15, 0.2) is 0 Å². The number of aryl methyl sites for hydroxylation is 1. The lowest BCUT2D eigenvalue weighted by molar-refractivity contribution is -0.140. The maximum absolute atomic E-state index is 12.4. The molecule has 9 heteroatoms. The van der Waals surface area contributed by atoms with E-state index in [4.69, 9.17) is 5.26 Å². The van der Waals surface area contributed by atoms with Gasteiger partial charge < -0.3 is 9.80 Å². The van der Waals surface area contributed by atoms with Crippen molar-refractivity contribution in [1.82, 2.24) is 30.0 Å². The first-order chi connectivity index (χ1) is 12.7. The van der Waals surface area contributed by atoms with Gasteiger partial charge in [-0.15, -0.1) is 5.10 Å². The minimum atomic E-state index is -0.0537. The third-order valence-corrected chi connectivity index (χ3v) is 4.38. The molecule has 0 spiro atoms. The first-order valence-corrected chi connectivity index (χ1v) is 8.41. The van der Waals surface area contributed by atoms with Crippen LogP contribution in [0.2, 0.25) is 0 Å². The summed E-state index contributed by atoms with van der Waals surface area (Å²) in [7, 11) is 0. The van der Waals surface area contributed by atoms with Crippen molar-refractivity contribution in [3.63, 3.8) is 0 Å². The number of rotatable bonds is 5. The smallest absolute Gasteiger partial charge is 0.244 e. The summed E-state index contributed by atoms with van der Waals surface area (Å²) >= 11 is 0. The van der Waals surface area contributed by atoms with Crippen molar-refractivity contribution in [1.29, 1.82) is 5.26 Å². The van der Waals surface area contributed by atoms with Gasteiger partial charge in [-0.1, -0.05) is 12.1 Å². The summed E-state index contributed by atoms with van der Waals surface area (Å²) in [4.78, 5) is 28.1. The van der Waals surface area contributed by atoms with Crippen LogP contribution in [0.1, 0.15) is 17.5 Å². The van der Waals surface area contributed by atoms with Crippen molar-refractivity contribution in [2.75, 3.05) is 26.2 Å². The summed E-state index contributed by atoms with van der Waals surface area (Å²) in [6.07, 6.45) is 2.47. The van der Waals surface area contributed by atoms with Gasteiger partial charge in [-0.05, 0) is 34.5 Å². The van der Waals surface area contributed by atoms with Crippen LogP contribution in [0.3, 0.4) is 0 Å². The highest BCUT2D eigenvalue weighted by Gasteiger charge is 2.24. The Hall–Kier alpha value is -3.28. The van der Waals surface area contributed by atoms with E-state index < -0.39 is 0 Å². The molecule has 134 valence electrons. The maximum Gasteiger partial charge on any atom is 0.244 e. The molecule has 1 aromatic heterocycles. The van der Waals surface area contributed by atoms with Crippen molar-refractivity contribution < 1.29 is 9.59 Å². The van der Waals surface area contributed by atoms with Gasteiger partial charge in [-0.25, -0.2) is 4.68 Å². The van der Waals surface area contributed by atoms with Gasteiger partial charge in [-0.3, -0.25) is 9.59 Å². The topological polar surface area (TPSA) is 108 Å². The summed E-state index contributed by atoms with van der Waals surface area (Å²) in [6, 6.07) is 9.35. The van der Waals surface area contributed by atoms with Crippen molar-refractivity contribution >= 4 is 11.8 Å². The third-order valence-electron chi connectivity index (χ3n) is 4.38. The zero-order valence-corrected chi connectivity index (χ0v) is 14.3. The van der Waals surface area contributed by atoms with Gasteiger partial charge in [0.1, 0.15) is 12.9 Å². The molecule has 2 aromatic rings. The van der Waals surface area contributed by atoms with Crippen LogP contribution in [0, 0.1) is 11.3 Å². The third kappa shape index (κ3) is 4.42. The lowest BCUT2D eigenvalue weighted by atomic mass is 10.1. The van der Waals surface area contributed by atoms with Crippen LogP contribution in [0.5, 0.6) is 0 Å². The Balaban J connectivity index is 1.43. The predicted molar refractivity (Wildman–Crippen MR) is 90.5 cm³/mol. The molecule has 2 amide bonds. The van der Waals surface area contributed by atoms with E-state index in [0.29, 0.717) is 44.6 Å². The fourth-order valence-corrected chi connectivity index (χ4v) is 2.85. The van der Waals surface area contributed by atoms with Gasteiger partial charge in [-0.2, -0.15) is 5.26 Å². The standard InChI is InChI=1S/C17H19N7O2/c18-11-15-3-1-14(2-4-15)5-6-16(25)22-7-9-23(10-8-22)17(26)12-24-13-19-20-21-24/h1-4,13H,5-10,12H2. The second kappa shape index (κ2) is 8.20. The van der Waals surface area contributed by atoms with Crippen molar-refractivity contribution in [3.8, 4) is 6.07 Å². The summed E-state index contributed by atoms with van der Waals surface area (Å²) in [5.41, 5.74) is 1.65. The number of hydrogen-bond donors (Lipinski definition) is 0. The van der Waals surface area contributed by atoms with Crippen molar-refractivity contribution in [3.05, 3.63) is 41.7 Å². The lowest BCUT2D eigenvalue weighted by Crippen LogP contribution is -2.51. The van der Waals surface area contributed by atoms with Crippen LogP contribution in [0.4, 0.5) is 0 Å². The number of carbonyl (C=O) groups is 2. The monoisotopic (exact) mass is 353 g/mol. The highest BCUT2D eigenvalue weighted by atomic mass is 16.2. The van der Waals surface area contributed by atoms with Crippen LogP contribution in [-0.2, 0) is 22.6 Å². The fraction of sp³-hybridized carbons (Fsp3) is 0.412. The fourth-order valence-electron chi connectivity index (χ4n) is 2.85. The van der Waals surface area contributed by atoms with Gasteiger partial charge in [0.2, 0.25) is 11.8 Å². The molecule has 26 heavy (non-hydrogen) atoms. The summed E-state index contributed by atoms with van der Waals surface area (Å²) in [5.74, 6) is 0.0314. The Morgan fingerprint density at radius 1 is 1.04 bits per heavy atom. The molecule has 0 unspecified atom stereocenters. The van der Waals surface area contributed by atoms with Crippen LogP contribution < -0.4 is 0 Å². The Labute approximate surface area is 150 Å². The number of amides is 2. The van der Waals surface area contributed by atoms with E-state index in [1.165, 1.54) is 11.0 Å². The molecule has 3 rings (SSSR count).